The molecular weight excluding hydrogens is 235 g/mol. The van der Waals surface area contributed by atoms with E-state index in [2.05, 4.69) is 20.3 Å². The lowest BCUT2D eigenvalue weighted by Crippen LogP contribution is -2.31. The summed E-state index contributed by atoms with van der Waals surface area (Å²) in [5, 5.41) is 3.12. The smallest absolute Gasteiger partial charge is 0.255 e. The van der Waals surface area contributed by atoms with Crippen LogP contribution in [-0.4, -0.2) is 21.5 Å². The van der Waals surface area contributed by atoms with Crippen LogP contribution < -0.4 is 10.9 Å². The van der Waals surface area contributed by atoms with Crippen molar-refractivity contribution < 1.29 is 4.39 Å². The average molecular weight is 246 g/mol. The molecule has 2 aromatic heterocycles. The minimum Gasteiger partial charge on any atom is -0.312 e. The number of fused-ring (bicyclic) bond motifs is 1. The lowest BCUT2D eigenvalue weighted by molar-refractivity contribution is 0.618. The van der Waals surface area contributed by atoms with Gasteiger partial charge in [-0.3, -0.25) is 4.79 Å². The summed E-state index contributed by atoms with van der Waals surface area (Å²) in [6, 6.07) is 2.80. The van der Waals surface area contributed by atoms with Gasteiger partial charge in [-0.25, -0.2) is 14.4 Å². The van der Waals surface area contributed by atoms with Gasteiger partial charge >= 0.3 is 0 Å². The fourth-order valence-electron chi connectivity index (χ4n) is 1.99. The quantitative estimate of drug-likeness (QED) is 0.773. The van der Waals surface area contributed by atoms with Gasteiger partial charge in [0.25, 0.3) is 5.56 Å². The first-order chi connectivity index (χ1) is 8.74. The fourth-order valence-corrected chi connectivity index (χ4v) is 1.99. The number of hydrogen-bond donors (Lipinski definition) is 2. The SMILES string of the molecule is O=c1[nH]c(-c2ccc(F)cn2)nc2c1CNCC2. The first-order valence-electron chi connectivity index (χ1n) is 5.69. The van der Waals surface area contributed by atoms with Crippen molar-refractivity contribution in [2.24, 2.45) is 0 Å². The zero-order valence-electron chi connectivity index (χ0n) is 9.53. The third kappa shape index (κ3) is 1.91. The Balaban J connectivity index is 2.11. The minimum atomic E-state index is -0.414. The third-order valence-electron chi connectivity index (χ3n) is 2.91. The molecule has 0 saturated carbocycles. The van der Waals surface area contributed by atoms with Crippen LogP contribution in [0, 0.1) is 5.82 Å². The topological polar surface area (TPSA) is 70.7 Å². The van der Waals surface area contributed by atoms with Gasteiger partial charge in [-0.2, -0.15) is 0 Å². The third-order valence-corrected chi connectivity index (χ3v) is 2.91. The van der Waals surface area contributed by atoms with E-state index in [4.69, 9.17) is 0 Å². The van der Waals surface area contributed by atoms with E-state index in [1.807, 2.05) is 0 Å². The molecule has 0 aliphatic carbocycles. The average Bonchev–Trinajstić information content (AvgIpc) is 2.39. The molecule has 0 spiro atoms. The molecule has 0 saturated heterocycles. The number of halogens is 1. The maximum Gasteiger partial charge on any atom is 0.255 e. The van der Waals surface area contributed by atoms with E-state index in [1.165, 1.54) is 12.1 Å². The molecule has 0 radical (unpaired) electrons. The van der Waals surface area contributed by atoms with Gasteiger partial charge in [0, 0.05) is 19.5 Å². The molecule has 1 aliphatic heterocycles. The number of nitrogens with zero attached hydrogens (tertiary/aromatic N) is 2. The predicted octanol–water partition coefficient (Wildman–Crippen LogP) is 0.617. The van der Waals surface area contributed by atoms with E-state index in [-0.39, 0.29) is 5.56 Å². The number of aromatic nitrogens is 3. The zero-order valence-corrected chi connectivity index (χ0v) is 9.53. The van der Waals surface area contributed by atoms with Gasteiger partial charge in [-0.05, 0) is 12.1 Å². The molecule has 1 aliphatic rings. The summed E-state index contributed by atoms with van der Waals surface area (Å²) in [5.41, 5.74) is 1.77. The van der Waals surface area contributed by atoms with E-state index in [0.717, 1.165) is 18.4 Å². The van der Waals surface area contributed by atoms with Crippen molar-refractivity contribution in [3.05, 3.63) is 45.8 Å². The molecule has 0 bridgehead atoms. The Bertz CT molecular complexity index is 636. The molecule has 92 valence electrons. The van der Waals surface area contributed by atoms with E-state index in [9.17, 15) is 9.18 Å². The van der Waals surface area contributed by atoms with Crippen molar-refractivity contribution in [1.29, 1.82) is 0 Å². The van der Waals surface area contributed by atoms with Crippen LogP contribution >= 0.6 is 0 Å². The van der Waals surface area contributed by atoms with E-state index < -0.39 is 5.82 Å². The maximum atomic E-state index is 12.8. The summed E-state index contributed by atoms with van der Waals surface area (Å²) < 4.78 is 12.8. The number of nitrogens with one attached hydrogen (secondary N) is 2. The molecule has 6 heteroatoms. The van der Waals surface area contributed by atoms with Gasteiger partial charge in [-0.15, -0.1) is 0 Å². The maximum absolute atomic E-state index is 12.8. The Morgan fingerprint density at radius 3 is 3.00 bits per heavy atom. The number of H-pyrrole nitrogens is 1. The fraction of sp³-hybridized carbons (Fsp3) is 0.250. The van der Waals surface area contributed by atoms with Gasteiger partial charge < -0.3 is 10.3 Å². The number of rotatable bonds is 1. The molecule has 0 atom stereocenters. The Hall–Kier alpha value is -2.08. The first-order valence-corrected chi connectivity index (χ1v) is 5.69. The Labute approximate surface area is 102 Å². The largest absolute Gasteiger partial charge is 0.312 e. The standard InChI is InChI=1S/C12H11FN4O/c13-7-1-2-10(15-5-7)11-16-9-3-4-14-6-8(9)12(18)17-11/h1-2,5,14H,3-4,6H2,(H,16,17,18). The summed E-state index contributed by atoms with van der Waals surface area (Å²) in [7, 11) is 0. The second-order valence-corrected chi connectivity index (χ2v) is 4.13. The van der Waals surface area contributed by atoms with Crippen molar-refractivity contribution in [3.63, 3.8) is 0 Å². The van der Waals surface area contributed by atoms with Crippen molar-refractivity contribution in [3.8, 4) is 11.5 Å². The van der Waals surface area contributed by atoms with Gasteiger partial charge in [0.2, 0.25) is 0 Å². The van der Waals surface area contributed by atoms with Crippen LogP contribution in [0.2, 0.25) is 0 Å². The summed E-state index contributed by atoms with van der Waals surface area (Å²) in [6.45, 7) is 1.34. The Morgan fingerprint density at radius 2 is 2.22 bits per heavy atom. The Morgan fingerprint density at radius 1 is 1.33 bits per heavy atom. The second-order valence-electron chi connectivity index (χ2n) is 4.13. The van der Waals surface area contributed by atoms with Crippen molar-refractivity contribution >= 4 is 0 Å². The summed E-state index contributed by atoms with van der Waals surface area (Å²) >= 11 is 0. The number of pyridine rings is 1. The van der Waals surface area contributed by atoms with Crippen LogP contribution in [0.25, 0.3) is 11.5 Å². The minimum absolute atomic E-state index is 0.159. The second kappa shape index (κ2) is 4.30. The van der Waals surface area contributed by atoms with Crippen molar-refractivity contribution in [2.45, 2.75) is 13.0 Å². The lowest BCUT2D eigenvalue weighted by atomic mass is 10.1. The summed E-state index contributed by atoms with van der Waals surface area (Å²) in [4.78, 5) is 22.9. The normalized spacial score (nSPS) is 14.3. The van der Waals surface area contributed by atoms with Crippen LogP contribution in [0.3, 0.4) is 0 Å². The molecule has 0 unspecified atom stereocenters. The van der Waals surface area contributed by atoms with Crippen LogP contribution in [0.1, 0.15) is 11.3 Å². The first kappa shape index (κ1) is 11.0. The summed E-state index contributed by atoms with van der Waals surface area (Å²) in [6.07, 6.45) is 1.82. The molecule has 3 rings (SSSR count). The monoisotopic (exact) mass is 246 g/mol. The van der Waals surface area contributed by atoms with Crippen molar-refractivity contribution in [2.75, 3.05) is 6.54 Å². The predicted molar refractivity (Wildman–Crippen MR) is 63.5 cm³/mol. The molecule has 2 N–H and O–H groups in total. The van der Waals surface area contributed by atoms with Crippen LogP contribution in [-0.2, 0) is 13.0 Å². The van der Waals surface area contributed by atoms with Crippen molar-refractivity contribution in [1.82, 2.24) is 20.3 Å². The van der Waals surface area contributed by atoms with Crippen LogP contribution in [0.5, 0.6) is 0 Å². The van der Waals surface area contributed by atoms with Crippen LogP contribution in [0.15, 0.2) is 23.1 Å². The molecule has 2 aromatic rings. The summed E-state index contributed by atoms with van der Waals surface area (Å²) in [5.74, 6) is -0.0242. The van der Waals surface area contributed by atoms with Gasteiger partial charge in [0.1, 0.15) is 11.5 Å². The van der Waals surface area contributed by atoms with Gasteiger partial charge in [0.05, 0.1) is 17.5 Å². The van der Waals surface area contributed by atoms with Crippen LogP contribution in [0.4, 0.5) is 4.39 Å². The Kier molecular flexibility index (Phi) is 2.64. The van der Waals surface area contributed by atoms with E-state index in [1.54, 1.807) is 0 Å². The number of aromatic amines is 1. The molecule has 3 heterocycles. The molecular formula is C12H11FN4O. The molecule has 0 amide bonds. The van der Waals surface area contributed by atoms with Gasteiger partial charge in [-0.1, -0.05) is 0 Å². The molecule has 18 heavy (non-hydrogen) atoms. The highest BCUT2D eigenvalue weighted by molar-refractivity contribution is 5.49. The molecule has 5 nitrogen and oxygen atoms in total. The lowest BCUT2D eigenvalue weighted by Gasteiger charge is -2.15. The highest BCUT2D eigenvalue weighted by atomic mass is 19.1. The highest BCUT2D eigenvalue weighted by Crippen LogP contribution is 2.14. The molecule has 0 aromatic carbocycles. The van der Waals surface area contributed by atoms with E-state index >= 15 is 0 Å². The van der Waals surface area contributed by atoms with E-state index in [0.29, 0.717) is 30.0 Å². The number of hydrogen-bond acceptors (Lipinski definition) is 4. The van der Waals surface area contributed by atoms with Gasteiger partial charge in [0.15, 0.2) is 5.82 Å². The highest BCUT2D eigenvalue weighted by Gasteiger charge is 2.16. The molecule has 0 fully saturated rings. The zero-order chi connectivity index (χ0) is 12.5.